The van der Waals surface area contributed by atoms with Gasteiger partial charge < -0.3 is 14.6 Å². The van der Waals surface area contributed by atoms with E-state index < -0.39 is 11.2 Å². The molecule has 0 bridgehead atoms. The number of carbonyl (C=O) groups is 1. The van der Waals surface area contributed by atoms with Gasteiger partial charge in [0.05, 0.1) is 13.0 Å². The molecule has 14 heavy (non-hydrogen) atoms. The van der Waals surface area contributed by atoms with Crippen LogP contribution in [0.3, 0.4) is 0 Å². The number of hydrogen-bond acceptors (Lipinski definition) is 4. The van der Waals surface area contributed by atoms with Crippen LogP contribution in [0.2, 0.25) is 0 Å². The Morgan fingerprint density at radius 3 is 2.64 bits per heavy atom. The van der Waals surface area contributed by atoms with Gasteiger partial charge in [-0.2, -0.15) is 0 Å². The highest BCUT2D eigenvalue weighted by Gasteiger charge is 2.36. The van der Waals surface area contributed by atoms with Gasteiger partial charge in [0.2, 0.25) is 0 Å². The van der Waals surface area contributed by atoms with Crippen LogP contribution in [-0.2, 0) is 14.3 Å². The van der Waals surface area contributed by atoms with Gasteiger partial charge in [0.25, 0.3) is 0 Å². The van der Waals surface area contributed by atoms with Crippen LogP contribution in [-0.4, -0.2) is 35.5 Å². The molecule has 1 fully saturated rings. The van der Waals surface area contributed by atoms with Gasteiger partial charge in [0, 0.05) is 13.0 Å². The topological polar surface area (TPSA) is 55.8 Å². The summed E-state index contributed by atoms with van der Waals surface area (Å²) in [5.41, 5.74) is -1.50. The second-order valence-electron chi connectivity index (χ2n) is 4.79. The predicted octanol–water partition coefficient (Wildman–Crippen LogP) is 0.870. The summed E-state index contributed by atoms with van der Waals surface area (Å²) in [6.45, 7) is 6.16. The van der Waals surface area contributed by atoms with Crippen molar-refractivity contribution in [3.8, 4) is 0 Å². The van der Waals surface area contributed by atoms with Crippen LogP contribution in [0.4, 0.5) is 0 Å². The lowest BCUT2D eigenvalue weighted by molar-refractivity contribution is -0.160. The average Bonchev–Trinajstić information content (AvgIpc) is 2.30. The molecular weight excluding hydrogens is 184 g/mol. The molecule has 1 saturated heterocycles. The fourth-order valence-electron chi connectivity index (χ4n) is 1.38. The van der Waals surface area contributed by atoms with E-state index in [4.69, 9.17) is 9.47 Å². The van der Waals surface area contributed by atoms with Crippen LogP contribution in [0.5, 0.6) is 0 Å². The minimum atomic E-state index is -1.01. The van der Waals surface area contributed by atoms with Gasteiger partial charge in [-0.1, -0.05) is 0 Å². The maximum atomic E-state index is 11.4. The Morgan fingerprint density at radius 1 is 1.57 bits per heavy atom. The van der Waals surface area contributed by atoms with Crippen LogP contribution in [0.1, 0.15) is 33.6 Å². The molecule has 1 aliphatic rings. The quantitative estimate of drug-likeness (QED) is 0.675. The molecule has 0 aromatic heterocycles. The molecule has 1 aliphatic heterocycles. The van der Waals surface area contributed by atoms with E-state index in [2.05, 4.69) is 0 Å². The minimum absolute atomic E-state index is 0.0181. The van der Waals surface area contributed by atoms with Crippen molar-refractivity contribution in [1.82, 2.24) is 0 Å². The van der Waals surface area contributed by atoms with E-state index in [1.165, 1.54) is 0 Å². The minimum Gasteiger partial charge on any atom is -0.460 e. The molecule has 82 valence electrons. The van der Waals surface area contributed by atoms with Crippen LogP contribution >= 0.6 is 0 Å². The molecule has 1 unspecified atom stereocenters. The van der Waals surface area contributed by atoms with E-state index in [-0.39, 0.29) is 19.0 Å². The van der Waals surface area contributed by atoms with Crippen molar-refractivity contribution in [3.63, 3.8) is 0 Å². The number of aliphatic hydroxyl groups is 1. The molecule has 0 aromatic carbocycles. The van der Waals surface area contributed by atoms with Gasteiger partial charge in [-0.3, -0.25) is 4.79 Å². The largest absolute Gasteiger partial charge is 0.460 e. The van der Waals surface area contributed by atoms with Crippen molar-refractivity contribution in [3.05, 3.63) is 0 Å². The lowest BCUT2D eigenvalue weighted by Gasteiger charge is -2.24. The van der Waals surface area contributed by atoms with E-state index in [1.54, 1.807) is 20.8 Å². The third-order valence-electron chi connectivity index (χ3n) is 1.98. The average molecular weight is 202 g/mol. The van der Waals surface area contributed by atoms with E-state index in [1.807, 2.05) is 0 Å². The van der Waals surface area contributed by atoms with Crippen LogP contribution in [0.15, 0.2) is 0 Å². The van der Waals surface area contributed by atoms with Gasteiger partial charge >= 0.3 is 5.97 Å². The first kappa shape index (κ1) is 11.5. The van der Waals surface area contributed by atoms with Gasteiger partial charge in [0.1, 0.15) is 11.2 Å². The van der Waals surface area contributed by atoms with Crippen molar-refractivity contribution in [2.45, 2.75) is 44.8 Å². The normalized spacial score (nSPS) is 27.7. The highest BCUT2D eigenvalue weighted by Crippen LogP contribution is 2.23. The van der Waals surface area contributed by atoms with Crippen molar-refractivity contribution >= 4 is 5.97 Å². The zero-order chi connectivity index (χ0) is 10.8. The first-order chi connectivity index (χ1) is 6.31. The molecule has 0 amide bonds. The fourth-order valence-corrected chi connectivity index (χ4v) is 1.38. The lowest BCUT2D eigenvalue weighted by Crippen LogP contribution is -2.35. The SMILES string of the molecule is CC(C)(C)OC(=O)CC1(O)CCOC1. The first-order valence-corrected chi connectivity index (χ1v) is 4.83. The van der Waals surface area contributed by atoms with Crippen molar-refractivity contribution < 1.29 is 19.4 Å². The standard InChI is InChI=1S/C10H18O4/c1-9(2,3)14-8(11)6-10(12)4-5-13-7-10/h12H,4-7H2,1-3H3. The molecule has 1 atom stereocenters. The summed E-state index contributed by atoms with van der Waals surface area (Å²) in [7, 11) is 0. The second kappa shape index (κ2) is 3.87. The summed E-state index contributed by atoms with van der Waals surface area (Å²) in [4.78, 5) is 11.4. The third kappa shape index (κ3) is 3.64. The van der Waals surface area contributed by atoms with Gasteiger partial charge in [-0.05, 0) is 20.8 Å². The molecule has 1 rings (SSSR count). The summed E-state index contributed by atoms with van der Waals surface area (Å²) in [5, 5.41) is 9.83. The number of rotatable bonds is 2. The van der Waals surface area contributed by atoms with E-state index in [0.29, 0.717) is 13.0 Å². The Labute approximate surface area is 84.2 Å². The Kier molecular flexibility index (Phi) is 3.17. The molecule has 1 heterocycles. The molecule has 0 radical (unpaired) electrons. The lowest BCUT2D eigenvalue weighted by atomic mass is 9.99. The third-order valence-corrected chi connectivity index (χ3v) is 1.98. The zero-order valence-electron chi connectivity index (χ0n) is 9.00. The Morgan fingerprint density at radius 2 is 2.21 bits per heavy atom. The van der Waals surface area contributed by atoms with Crippen molar-refractivity contribution in [1.29, 1.82) is 0 Å². The molecular formula is C10H18O4. The summed E-state index contributed by atoms with van der Waals surface area (Å²) >= 11 is 0. The van der Waals surface area contributed by atoms with E-state index >= 15 is 0 Å². The number of esters is 1. The second-order valence-corrected chi connectivity index (χ2v) is 4.79. The predicted molar refractivity (Wildman–Crippen MR) is 50.8 cm³/mol. The molecule has 0 saturated carbocycles. The molecule has 0 aromatic rings. The highest BCUT2D eigenvalue weighted by molar-refractivity contribution is 5.71. The van der Waals surface area contributed by atoms with Crippen molar-refractivity contribution in [2.75, 3.05) is 13.2 Å². The molecule has 0 aliphatic carbocycles. The van der Waals surface area contributed by atoms with E-state index in [0.717, 1.165) is 0 Å². The smallest absolute Gasteiger partial charge is 0.309 e. The summed E-state index contributed by atoms with van der Waals surface area (Å²) in [6, 6.07) is 0. The monoisotopic (exact) mass is 202 g/mol. The Hall–Kier alpha value is -0.610. The number of ether oxygens (including phenoxy) is 2. The summed E-state index contributed by atoms with van der Waals surface area (Å²) in [5.74, 6) is -0.370. The summed E-state index contributed by atoms with van der Waals surface area (Å²) < 4.78 is 10.1. The maximum Gasteiger partial charge on any atom is 0.309 e. The Bertz CT molecular complexity index is 211. The molecule has 4 heteroatoms. The zero-order valence-corrected chi connectivity index (χ0v) is 9.00. The molecule has 1 N–H and O–H groups in total. The van der Waals surface area contributed by atoms with Crippen molar-refractivity contribution in [2.24, 2.45) is 0 Å². The first-order valence-electron chi connectivity index (χ1n) is 4.83. The number of hydrogen-bond donors (Lipinski definition) is 1. The fraction of sp³-hybridized carbons (Fsp3) is 0.900. The molecule has 0 spiro atoms. The van der Waals surface area contributed by atoms with Gasteiger partial charge in [-0.25, -0.2) is 0 Å². The van der Waals surface area contributed by atoms with E-state index in [9.17, 15) is 9.90 Å². The van der Waals surface area contributed by atoms with Crippen LogP contribution < -0.4 is 0 Å². The van der Waals surface area contributed by atoms with Gasteiger partial charge in [-0.15, -0.1) is 0 Å². The highest BCUT2D eigenvalue weighted by atomic mass is 16.6. The Balaban J connectivity index is 2.40. The maximum absolute atomic E-state index is 11.4. The van der Waals surface area contributed by atoms with Crippen LogP contribution in [0, 0.1) is 0 Å². The summed E-state index contributed by atoms with van der Waals surface area (Å²) in [6.07, 6.45) is 0.524. The van der Waals surface area contributed by atoms with Gasteiger partial charge in [0.15, 0.2) is 0 Å². The number of carbonyl (C=O) groups excluding carboxylic acids is 1. The van der Waals surface area contributed by atoms with Crippen LogP contribution in [0.25, 0.3) is 0 Å². The molecule has 4 nitrogen and oxygen atoms in total.